The fraction of sp³-hybridized carbons (Fsp3) is 0.471. The molecule has 0 fully saturated rings. The molecule has 140 valence electrons. The lowest BCUT2D eigenvalue weighted by atomic mass is 10.1. The second-order valence-corrected chi connectivity index (χ2v) is 5.85. The molecule has 0 radical (unpaired) electrons. The van der Waals surface area contributed by atoms with Crippen LogP contribution in [0.2, 0.25) is 0 Å². The average Bonchev–Trinajstić information content (AvgIpc) is 3.18. The second-order valence-electron chi connectivity index (χ2n) is 5.85. The van der Waals surface area contributed by atoms with Crippen LogP contribution in [0, 0.1) is 5.92 Å². The van der Waals surface area contributed by atoms with E-state index in [4.69, 9.17) is 4.74 Å². The summed E-state index contributed by atoms with van der Waals surface area (Å²) in [5.74, 6) is -1.83. The number of carbonyl (C=O) groups excluding carboxylic acids is 1. The molecule has 2 aromatic rings. The first-order valence-electron chi connectivity index (χ1n) is 8.46. The molecule has 0 aliphatic heterocycles. The number of benzene rings is 1. The number of hydrogen-bond acceptors (Lipinski definition) is 6. The van der Waals surface area contributed by atoms with Crippen molar-refractivity contribution in [3.63, 3.8) is 0 Å². The smallest absolute Gasteiger partial charge is 0.308 e. The molecule has 9 nitrogen and oxygen atoms in total. The molecule has 1 aromatic heterocycles. The van der Waals surface area contributed by atoms with Gasteiger partial charge in [0, 0.05) is 31.9 Å². The highest BCUT2D eigenvalue weighted by molar-refractivity contribution is 5.95. The Bertz CT molecular complexity index is 720. The third-order valence-corrected chi connectivity index (χ3v) is 3.83. The summed E-state index contributed by atoms with van der Waals surface area (Å²) in [6.45, 7) is 5.17. The van der Waals surface area contributed by atoms with Gasteiger partial charge in [0.25, 0.3) is 5.91 Å². The van der Waals surface area contributed by atoms with E-state index in [0.717, 1.165) is 0 Å². The van der Waals surface area contributed by atoms with Gasteiger partial charge in [-0.15, -0.1) is 5.10 Å². The van der Waals surface area contributed by atoms with Gasteiger partial charge in [-0.25, -0.2) is 4.68 Å². The summed E-state index contributed by atoms with van der Waals surface area (Å²) >= 11 is 0. The number of amides is 1. The lowest BCUT2D eigenvalue weighted by Gasteiger charge is -2.25. The molecule has 1 amide bonds. The van der Waals surface area contributed by atoms with Gasteiger partial charge in [-0.05, 0) is 42.0 Å². The zero-order chi connectivity index (χ0) is 18.9. The average molecular weight is 361 g/mol. The van der Waals surface area contributed by atoms with E-state index in [2.05, 4.69) is 15.5 Å². The number of carbonyl (C=O) groups is 2. The van der Waals surface area contributed by atoms with Crippen molar-refractivity contribution in [3.05, 3.63) is 36.2 Å². The maximum atomic E-state index is 12.9. The molecule has 2 rings (SSSR count). The maximum absolute atomic E-state index is 12.9. The summed E-state index contributed by atoms with van der Waals surface area (Å²) in [5, 5.41) is 20.1. The Balaban J connectivity index is 2.15. The van der Waals surface area contributed by atoms with Gasteiger partial charge < -0.3 is 14.7 Å². The number of tetrazole rings is 1. The van der Waals surface area contributed by atoms with Crippen LogP contribution in [-0.4, -0.2) is 68.4 Å². The van der Waals surface area contributed by atoms with Gasteiger partial charge in [0.05, 0.1) is 11.6 Å². The minimum absolute atomic E-state index is 0.134. The lowest BCUT2D eigenvalue weighted by Crippen LogP contribution is -2.38. The standard InChI is InChI=1S/C17H23N5O4/c1-3-26-9-5-8-21(11-13(2)17(24)25)16(23)14-6-4-7-15(10-14)22-12-18-19-20-22/h4,6-7,10,12-13H,3,5,8-9,11H2,1-2H3,(H,24,25). The summed E-state index contributed by atoms with van der Waals surface area (Å²) in [7, 11) is 0. The predicted molar refractivity (Wildman–Crippen MR) is 93.0 cm³/mol. The lowest BCUT2D eigenvalue weighted by molar-refractivity contribution is -0.141. The van der Waals surface area contributed by atoms with Crippen LogP contribution in [-0.2, 0) is 9.53 Å². The molecular weight excluding hydrogens is 338 g/mol. The summed E-state index contributed by atoms with van der Waals surface area (Å²) < 4.78 is 6.76. The number of carboxylic acid groups (broad SMARTS) is 1. The molecular formula is C17H23N5O4. The Hall–Kier alpha value is -2.81. The van der Waals surface area contributed by atoms with E-state index < -0.39 is 11.9 Å². The summed E-state index contributed by atoms with van der Waals surface area (Å²) in [5.41, 5.74) is 1.10. The molecule has 0 spiro atoms. The summed E-state index contributed by atoms with van der Waals surface area (Å²) in [6.07, 6.45) is 2.08. The van der Waals surface area contributed by atoms with Gasteiger partial charge in [0.1, 0.15) is 6.33 Å². The molecule has 9 heteroatoms. The van der Waals surface area contributed by atoms with E-state index in [-0.39, 0.29) is 12.5 Å². The van der Waals surface area contributed by atoms with E-state index in [1.165, 1.54) is 11.0 Å². The van der Waals surface area contributed by atoms with E-state index in [9.17, 15) is 14.7 Å². The normalized spacial score (nSPS) is 11.9. The molecule has 0 aliphatic rings. The van der Waals surface area contributed by atoms with Crippen molar-refractivity contribution < 1.29 is 19.4 Å². The van der Waals surface area contributed by atoms with Gasteiger partial charge in [-0.1, -0.05) is 13.0 Å². The number of ether oxygens (including phenoxy) is 1. The van der Waals surface area contributed by atoms with E-state index >= 15 is 0 Å². The van der Waals surface area contributed by atoms with E-state index in [1.807, 2.05) is 6.92 Å². The number of nitrogens with zero attached hydrogens (tertiary/aromatic N) is 5. The van der Waals surface area contributed by atoms with Crippen molar-refractivity contribution in [1.29, 1.82) is 0 Å². The third-order valence-electron chi connectivity index (χ3n) is 3.83. The van der Waals surface area contributed by atoms with Crippen LogP contribution in [0.5, 0.6) is 0 Å². The van der Waals surface area contributed by atoms with Crippen LogP contribution in [0.1, 0.15) is 30.6 Å². The molecule has 26 heavy (non-hydrogen) atoms. The molecule has 0 saturated carbocycles. The SMILES string of the molecule is CCOCCCN(CC(C)C(=O)O)C(=O)c1cccc(-n2cnnn2)c1. The summed E-state index contributed by atoms with van der Waals surface area (Å²) in [6, 6.07) is 6.90. The van der Waals surface area contributed by atoms with Crippen molar-refractivity contribution in [2.45, 2.75) is 20.3 Å². The van der Waals surface area contributed by atoms with Crippen LogP contribution < -0.4 is 0 Å². The monoisotopic (exact) mass is 361 g/mol. The van der Waals surface area contributed by atoms with Crippen molar-refractivity contribution >= 4 is 11.9 Å². The van der Waals surface area contributed by atoms with Crippen molar-refractivity contribution in [2.75, 3.05) is 26.3 Å². The van der Waals surface area contributed by atoms with Crippen LogP contribution in [0.15, 0.2) is 30.6 Å². The van der Waals surface area contributed by atoms with E-state index in [1.54, 1.807) is 36.1 Å². The molecule has 0 bridgehead atoms. The third kappa shape index (κ3) is 5.35. The zero-order valence-corrected chi connectivity index (χ0v) is 14.9. The van der Waals surface area contributed by atoms with Crippen molar-refractivity contribution in [3.8, 4) is 5.69 Å². The largest absolute Gasteiger partial charge is 0.481 e. The Labute approximate surface area is 151 Å². The highest BCUT2D eigenvalue weighted by Gasteiger charge is 2.22. The number of aromatic nitrogens is 4. The van der Waals surface area contributed by atoms with Gasteiger partial charge in [0.15, 0.2) is 0 Å². The molecule has 0 aliphatic carbocycles. The molecule has 1 atom stereocenters. The topological polar surface area (TPSA) is 110 Å². The van der Waals surface area contributed by atoms with Crippen LogP contribution in [0.4, 0.5) is 0 Å². The molecule has 0 saturated heterocycles. The Kier molecular flexibility index (Phi) is 7.22. The van der Waals surface area contributed by atoms with Gasteiger partial charge in [-0.3, -0.25) is 9.59 Å². The molecule has 1 N–H and O–H groups in total. The number of carboxylic acids is 1. The van der Waals surface area contributed by atoms with Crippen molar-refractivity contribution in [2.24, 2.45) is 5.92 Å². The molecule has 1 unspecified atom stereocenters. The minimum Gasteiger partial charge on any atom is -0.481 e. The predicted octanol–water partition coefficient (Wildman–Crippen LogP) is 1.25. The summed E-state index contributed by atoms with van der Waals surface area (Å²) in [4.78, 5) is 25.7. The molecule has 1 aromatic carbocycles. The minimum atomic E-state index is -0.935. The fourth-order valence-corrected chi connectivity index (χ4v) is 2.43. The van der Waals surface area contributed by atoms with Gasteiger partial charge in [0.2, 0.25) is 0 Å². The zero-order valence-electron chi connectivity index (χ0n) is 14.9. The number of hydrogen-bond donors (Lipinski definition) is 1. The van der Waals surface area contributed by atoms with Crippen molar-refractivity contribution in [1.82, 2.24) is 25.1 Å². The van der Waals surface area contributed by atoms with Gasteiger partial charge >= 0.3 is 5.97 Å². The number of rotatable bonds is 10. The van der Waals surface area contributed by atoms with Crippen LogP contribution >= 0.6 is 0 Å². The van der Waals surface area contributed by atoms with Gasteiger partial charge in [-0.2, -0.15) is 0 Å². The quantitative estimate of drug-likeness (QED) is 0.634. The fourth-order valence-electron chi connectivity index (χ4n) is 2.43. The van der Waals surface area contributed by atoms with Crippen LogP contribution in [0.25, 0.3) is 5.69 Å². The first kappa shape index (κ1) is 19.5. The Morgan fingerprint density at radius 1 is 1.38 bits per heavy atom. The van der Waals surface area contributed by atoms with E-state index in [0.29, 0.717) is 37.4 Å². The Morgan fingerprint density at radius 2 is 2.19 bits per heavy atom. The van der Waals surface area contributed by atoms with Crippen LogP contribution in [0.3, 0.4) is 0 Å². The first-order valence-corrected chi connectivity index (χ1v) is 8.46. The maximum Gasteiger partial charge on any atom is 0.308 e. The number of aliphatic carboxylic acids is 1. The highest BCUT2D eigenvalue weighted by Crippen LogP contribution is 2.13. The Morgan fingerprint density at radius 3 is 2.85 bits per heavy atom. The molecule has 1 heterocycles. The first-order chi connectivity index (χ1) is 12.5. The highest BCUT2D eigenvalue weighted by atomic mass is 16.5. The second kappa shape index (κ2) is 9.62.